The molecule has 0 aliphatic heterocycles. The molecule has 6 nitrogen and oxygen atoms in total. The molecule has 1 N–H and O–H groups in total. The van der Waals surface area contributed by atoms with Gasteiger partial charge in [0, 0.05) is 6.54 Å². The lowest BCUT2D eigenvalue weighted by atomic mass is 10.2. The van der Waals surface area contributed by atoms with Gasteiger partial charge in [-0.1, -0.05) is 24.3 Å². The molecule has 0 saturated heterocycles. The first-order valence-corrected chi connectivity index (χ1v) is 11.0. The highest BCUT2D eigenvalue weighted by molar-refractivity contribution is 7.92. The van der Waals surface area contributed by atoms with Gasteiger partial charge in [-0.25, -0.2) is 8.42 Å². The number of carbonyl (C=O) groups excluding carboxylic acids is 1. The van der Waals surface area contributed by atoms with Gasteiger partial charge in [0.15, 0.2) is 0 Å². The second-order valence-electron chi connectivity index (χ2n) is 7.10. The molecule has 7 heteroatoms. The van der Waals surface area contributed by atoms with E-state index in [2.05, 4.69) is 5.32 Å². The van der Waals surface area contributed by atoms with E-state index >= 15 is 0 Å². The van der Waals surface area contributed by atoms with Crippen molar-refractivity contribution in [3.05, 3.63) is 59.7 Å². The van der Waals surface area contributed by atoms with Gasteiger partial charge in [0.2, 0.25) is 15.9 Å². The quantitative estimate of drug-likeness (QED) is 0.733. The van der Waals surface area contributed by atoms with Gasteiger partial charge in [-0.05, 0) is 63.1 Å². The second-order valence-corrected chi connectivity index (χ2v) is 8.96. The van der Waals surface area contributed by atoms with Gasteiger partial charge in [-0.3, -0.25) is 9.10 Å². The van der Waals surface area contributed by atoms with Crippen molar-refractivity contribution in [1.82, 2.24) is 5.32 Å². The number of rotatable bonds is 8. The number of carbonyl (C=O) groups is 1. The molecular weight excluding hydrogens is 376 g/mol. The van der Waals surface area contributed by atoms with Crippen LogP contribution in [0.15, 0.2) is 48.5 Å². The molecular formula is C21H28N2O4S. The Morgan fingerprint density at radius 2 is 1.75 bits per heavy atom. The van der Waals surface area contributed by atoms with Crippen molar-refractivity contribution in [2.24, 2.45) is 0 Å². The molecule has 2 rings (SSSR count). The van der Waals surface area contributed by atoms with E-state index in [1.807, 2.05) is 51.1 Å². The molecule has 0 aliphatic rings. The van der Waals surface area contributed by atoms with Crippen molar-refractivity contribution < 1.29 is 17.9 Å². The van der Waals surface area contributed by atoms with E-state index < -0.39 is 16.1 Å². The third-order valence-electron chi connectivity index (χ3n) is 4.11. The Bertz CT molecular complexity index is 908. The fourth-order valence-corrected chi connectivity index (χ4v) is 4.04. The summed E-state index contributed by atoms with van der Waals surface area (Å²) < 4.78 is 31.4. The van der Waals surface area contributed by atoms with Crippen LogP contribution >= 0.6 is 0 Å². The summed E-state index contributed by atoms with van der Waals surface area (Å²) in [4.78, 5) is 12.6. The number of nitrogens with zero attached hydrogens (tertiary/aromatic N) is 1. The van der Waals surface area contributed by atoms with Crippen LogP contribution in [0.5, 0.6) is 5.75 Å². The van der Waals surface area contributed by atoms with Crippen molar-refractivity contribution in [2.45, 2.75) is 46.4 Å². The predicted octanol–water partition coefficient (Wildman–Crippen LogP) is 3.25. The van der Waals surface area contributed by atoms with E-state index in [4.69, 9.17) is 4.74 Å². The number of nitrogens with one attached hydrogen (secondary N) is 1. The van der Waals surface area contributed by atoms with Crippen LogP contribution in [0, 0.1) is 6.92 Å². The summed E-state index contributed by atoms with van der Waals surface area (Å²) in [5, 5.41) is 2.81. The molecule has 2 aromatic carbocycles. The van der Waals surface area contributed by atoms with E-state index in [0.717, 1.165) is 27.4 Å². The van der Waals surface area contributed by atoms with Crippen LogP contribution < -0.4 is 14.4 Å². The third kappa shape index (κ3) is 5.99. The van der Waals surface area contributed by atoms with E-state index in [1.165, 1.54) is 0 Å². The van der Waals surface area contributed by atoms with Gasteiger partial charge < -0.3 is 10.1 Å². The minimum absolute atomic E-state index is 0.0926. The molecule has 0 fully saturated rings. The van der Waals surface area contributed by atoms with Crippen molar-refractivity contribution in [3.8, 4) is 5.75 Å². The number of amides is 1. The number of aryl methyl sites for hydroxylation is 1. The number of ether oxygens (including phenoxy) is 1. The molecule has 0 unspecified atom stereocenters. The van der Waals surface area contributed by atoms with Crippen molar-refractivity contribution >= 4 is 21.6 Å². The first-order chi connectivity index (χ1) is 13.1. The third-order valence-corrected chi connectivity index (χ3v) is 5.35. The van der Waals surface area contributed by atoms with Crippen molar-refractivity contribution in [3.63, 3.8) is 0 Å². The Hall–Kier alpha value is -2.54. The maximum absolute atomic E-state index is 12.6. The minimum atomic E-state index is -3.62. The zero-order valence-corrected chi connectivity index (χ0v) is 17.8. The highest BCUT2D eigenvalue weighted by Gasteiger charge is 2.28. The number of hydrogen-bond donors (Lipinski definition) is 1. The first kappa shape index (κ1) is 21.8. The summed E-state index contributed by atoms with van der Waals surface area (Å²) in [5.74, 6) is 0.399. The molecule has 0 saturated carbocycles. The number of anilines is 1. The van der Waals surface area contributed by atoms with Crippen LogP contribution in [0.4, 0.5) is 5.69 Å². The first-order valence-electron chi connectivity index (χ1n) is 9.17. The monoisotopic (exact) mass is 404 g/mol. The van der Waals surface area contributed by atoms with E-state index in [0.29, 0.717) is 12.2 Å². The molecule has 0 heterocycles. The summed E-state index contributed by atoms with van der Waals surface area (Å²) in [7, 11) is -3.62. The van der Waals surface area contributed by atoms with Gasteiger partial charge in [-0.15, -0.1) is 0 Å². The van der Waals surface area contributed by atoms with E-state index in [1.54, 1.807) is 25.1 Å². The smallest absolute Gasteiger partial charge is 0.243 e. The van der Waals surface area contributed by atoms with Gasteiger partial charge in [0.05, 0.1) is 18.0 Å². The van der Waals surface area contributed by atoms with Crippen LogP contribution in [-0.4, -0.2) is 32.7 Å². The summed E-state index contributed by atoms with van der Waals surface area (Å²) >= 11 is 0. The Morgan fingerprint density at radius 1 is 1.11 bits per heavy atom. The van der Waals surface area contributed by atoms with Gasteiger partial charge >= 0.3 is 0 Å². The Labute approximate surface area is 167 Å². The minimum Gasteiger partial charge on any atom is -0.491 e. The van der Waals surface area contributed by atoms with Crippen molar-refractivity contribution in [2.75, 3.05) is 10.6 Å². The van der Waals surface area contributed by atoms with Gasteiger partial charge in [-0.2, -0.15) is 0 Å². The lowest BCUT2D eigenvalue weighted by molar-refractivity contribution is -0.122. The SMILES string of the molecule is Cc1cccc(N([C@@H](C)C(=O)NCc2ccc(OC(C)C)cc2)S(C)(=O)=O)c1. The normalized spacial score (nSPS) is 12.5. The highest BCUT2D eigenvalue weighted by atomic mass is 32.2. The van der Waals surface area contributed by atoms with Crippen LogP contribution in [-0.2, 0) is 21.4 Å². The Balaban J connectivity index is 2.09. The largest absolute Gasteiger partial charge is 0.491 e. The molecule has 0 spiro atoms. The van der Waals surface area contributed by atoms with E-state index in [9.17, 15) is 13.2 Å². The number of sulfonamides is 1. The zero-order chi connectivity index (χ0) is 20.9. The zero-order valence-electron chi connectivity index (χ0n) is 17.0. The highest BCUT2D eigenvalue weighted by Crippen LogP contribution is 2.22. The fourth-order valence-electron chi connectivity index (χ4n) is 2.87. The summed E-state index contributed by atoms with van der Waals surface area (Å²) in [6.07, 6.45) is 1.20. The van der Waals surface area contributed by atoms with Crippen LogP contribution in [0.1, 0.15) is 31.9 Å². The average Bonchev–Trinajstić information content (AvgIpc) is 2.59. The summed E-state index contributed by atoms with van der Waals surface area (Å²) in [6, 6.07) is 13.6. The Kier molecular flexibility index (Phi) is 7.07. The van der Waals surface area contributed by atoms with Crippen molar-refractivity contribution in [1.29, 1.82) is 0 Å². The van der Waals surface area contributed by atoms with E-state index in [-0.39, 0.29) is 12.0 Å². The molecule has 1 atom stereocenters. The summed E-state index contributed by atoms with van der Waals surface area (Å²) in [5.41, 5.74) is 2.29. The maximum Gasteiger partial charge on any atom is 0.243 e. The van der Waals surface area contributed by atoms with Gasteiger partial charge in [0.25, 0.3) is 0 Å². The molecule has 2 aromatic rings. The van der Waals surface area contributed by atoms with Crippen LogP contribution in [0.25, 0.3) is 0 Å². The Morgan fingerprint density at radius 3 is 2.29 bits per heavy atom. The van der Waals surface area contributed by atoms with Gasteiger partial charge in [0.1, 0.15) is 11.8 Å². The lowest BCUT2D eigenvalue weighted by Crippen LogP contribution is -2.47. The van der Waals surface area contributed by atoms with Crippen LogP contribution in [0.2, 0.25) is 0 Å². The molecule has 1 amide bonds. The summed E-state index contributed by atoms with van der Waals surface area (Å²) in [6.45, 7) is 7.67. The number of hydrogen-bond acceptors (Lipinski definition) is 4. The predicted molar refractivity (Wildman–Crippen MR) is 112 cm³/mol. The molecule has 0 aromatic heterocycles. The molecule has 0 bridgehead atoms. The fraction of sp³-hybridized carbons (Fsp3) is 0.381. The van der Waals surface area contributed by atoms with Crippen LogP contribution in [0.3, 0.4) is 0 Å². The number of benzene rings is 2. The average molecular weight is 405 g/mol. The second kappa shape index (κ2) is 9.10. The maximum atomic E-state index is 12.6. The molecule has 0 aliphatic carbocycles. The molecule has 152 valence electrons. The topological polar surface area (TPSA) is 75.7 Å². The lowest BCUT2D eigenvalue weighted by Gasteiger charge is -2.28. The molecule has 28 heavy (non-hydrogen) atoms. The standard InChI is InChI=1S/C21H28N2O4S/c1-15(2)27-20-11-9-18(10-12-20)14-22-21(24)17(4)23(28(5,25)26)19-8-6-7-16(3)13-19/h6-13,15,17H,14H2,1-5H3,(H,22,24)/t17-/m0/s1. The molecule has 0 radical (unpaired) electrons.